The van der Waals surface area contributed by atoms with Crippen molar-refractivity contribution in [2.45, 2.75) is 51.1 Å². The van der Waals surface area contributed by atoms with Crippen LogP contribution in [0.5, 0.6) is 0 Å². The summed E-state index contributed by atoms with van der Waals surface area (Å²) in [6.45, 7) is 0.0232. The molecule has 154 valence electrons. The molecule has 29 heavy (non-hydrogen) atoms. The molecule has 1 saturated carbocycles. The molecule has 1 aliphatic carbocycles. The van der Waals surface area contributed by atoms with Crippen LogP contribution in [0.4, 0.5) is 0 Å². The van der Waals surface area contributed by atoms with Crippen molar-refractivity contribution in [1.29, 1.82) is 0 Å². The van der Waals surface area contributed by atoms with Crippen molar-refractivity contribution in [2.24, 2.45) is 5.92 Å². The Kier molecular flexibility index (Phi) is 5.78. The summed E-state index contributed by atoms with van der Waals surface area (Å²) < 4.78 is 11.1. The number of carbonyl (C=O) groups excluding carboxylic acids is 2. The Hall–Kier alpha value is -2.90. The molecule has 1 saturated heterocycles. The molecule has 4 rings (SSSR count). The lowest BCUT2D eigenvalue weighted by molar-refractivity contribution is -0.155. The fourth-order valence-electron chi connectivity index (χ4n) is 4.43. The molecule has 0 unspecified atom stereocenters. The van der Waals surface area contributed by atoms with Crippen molar-refractivity contribution in [3.8, 4) is 11.5 Å². The number of hydrogen-bond donors (Lipinski definition) is 0. The Morgan fingerprint density at radius 3 is 2.69 bits per heavy atom. The number of rotatable bonds is 5. The van der Waals surface area contributed by atoms with E-state index in [4.69, 9.17) is 9.15 Å². The molecule has 0 radical (unpaired) electrons. The molecule has 1 aromatic carbocycles. The van der Waals surface area contributed by atoms with Gasteiger partial charge in [0.25, 0.3) is 5.91 Å². The number of likely N-dealkylation sites (tertiary alicyclic amines) is 1. The van der Waals surface area contributed by atoms with Crippen LogP contribution in [0.15, 0.2) is 39.5 Å². The minimum absolute atomic E-state index is 0.135. The second kappa shape index (κ2) is 8.63. The van der Waals surface area contributed by atoms with Gasteiger partial charge >= 0.3 is 11.7 Å². The van der Waals surface area contributed by atoms with Gasteiger partial charge in [0, 0.05) is 18.2 Å². The molecule has 2 atom stereocenters. The van der Waals surface area contributed by atoms with E-state index in [1.807, 2.05) is 11.0 Å². The molecular formula is C21H25N3O5. The van der Waals surface area contributed by atoms with Gasteiger partial charge in [-0.15, -0.1) is 5.10 Å². The molecule has 1 aromatic heterocycles. The van der Waals surface area contributed by atoms with E-state index in [2.05, 4.69) is 5.10 Å². The fourth-order valence-corrected chi connectivity index (χ4v) is 4.43. The number of carbonyl (C=O) groups is 2. The Labute approximate surface area is 168 Å². The van der Waals surface area contributed by atoms with Gasteiger partial charge in [-0.3, -0.25) is 9.59 Å². The summed E-state index contributed by atoms with van der Waals surface area (Å²) in [5.41, 5.74) is 0.638. The van der Waals surface area contributed by atoms with Crippen LogP contribution in [0.25, 0.3) is 11.5 Å². The van der Waals surface area contributed by atoms with E-state index in [1.54, 1.807) is 24.3 Å². The van der Waals surface area contributed by atoms with Gasteiger partial charge in [0.1, 0.15) is 6.54 Å². The van der Waals surface area contributed by atoms with Crippen LogP contribution in [-0.2, 0) is 20.9 Å². The predicted molar refractivity (Wildman–Crippen MR) is 104 cm³/mol. The highest BCUT2D eigenvalue weighted by atomic mass is 16.5. The van der Waals surface area contributed by atoms with Crippen LogP contribution in [0, 0.1) is 5.92 Å². The molecule has 8 heteroatoms. The number of piperidine rings is 1. The van der Waals surface area contributed by atoms with E-state index in [9.17, 15) is 14.4 Å². The molecule has 2 aromatic rings. The summed E-state index contributed by atoms with van der Waals surface area (Å²) in [7, 11) is 0. The van der Waals surface area contributed by atoms with Crippen LogP contribution in [0.2, 0.25) is 0 Å². The molecular weight excluding hydrogens is 374 g/mol. The first kappa shape index (κ1) is 19.4. The molecule has 0 spiro atoms. The van der Waals surface area contributed by atoms with E-state index in [-0.39, 0.29) is 24.4 Å². The third-order valence-corrected chi connectivity index (χ3v) is 5.83. The van der Waals surface area contributed by atoms with Crippen molar-refractivity contribution in [1.82, 2.24) is 14.7 Å². The lowest BCUT2D eigenvalue weighted by Gasteiger charge is -2.44. The summed E-state index contributed by atoms with van der Waals surface area (Å²) in [6.07, 6.45) is 6.75. The zero-order chi connectivity index (χ0) is 20.2. The number of amides is 1. The van der Waals surface area contributed by atoms with Gasteiger partial charge in [0.15, 0.2) is 6.61 Å². The van der Waals surface area contributed by atoms with Gasteiger partial charge in [-0.1, -0.05) is 31.0 Å². The Bertz CT molecular complexity index is 918. The van der Waals surface area contributed by atoms with Crippen LogP contribution in [0.1, 0.15) is 38.5 Å². The van der Waals surface area contributed by atoms with E-state index in [0.717, 1.165) is 30.5 Å². The van der Waals surface area contributed by atoms with Gasteiger partial charge < -0.3 is 14.1 Å². The Morgan fingerprint density at radius 1 is 1.10 bits per heavy atom. The molecule has 8 nitrogen and oxygen atoms in total. The molecule has 1 aliphatic heterocycles. The zero-order valence-electron chi connectivity index (χ0n) is 16.3. The average molecular weight is 399 g/mol. The molecule has 2 heterocycles. The maximum absolute atomic E-state index is 12.6. The molecule has 0 bridgehead atoms. The van der Waals surface area contributed by atoms with Gasteiger partial charge in [-0.2, -0.15) is 4.68 Å². The molecule has 2 fully saturated rings. The van der Waals surface area contributed by atoms with Gasteiger partial charge in [0.05, 0.1) is 0 Å². The maximum atomic E-state index is 12.6. The van der Waals surface area contributed by atoms with Crippen LogP contribution in [0.3, 0.4) is 0 Å². The van der Waals surface area contributed by atoms with Crippen LogP contribution < -0.4 is 5.76 Å². The topological polar surface area (TPSA) is 94.6 Å². The van der Waals surface area contributed by atoms with Crippen molar-refractivity contribution < 1.29 is 18.7 Å². The maximum Gasteiger partial charge on any atom is 0.437 e. The number of ether oxygens (including phenoxy) is 1. The zero-order valence-corrected chi connectivity index (χ0v) is 16.3. The first-order valence-corrected chi connectivity index (χ1v) is 10.2. The average Bonchev–Trinajstić information content (AvgIpc) is 3.12. The number of fused-ring (bicyclic) bond motifs is 1. The molecule has 2 aliphatic rings. The quantitative estimate of drug-likeness (QED) is 0.716. The third-order valence-electron chi connectivity index (χ3n) is 5.83. The highest BCUT2D eigenvalue weighted by Crippen LogP contribution is 2.35. The standard InChI is InChI=1S/C21H25N3O5/c25-18(23-12-6-10-15-7-4-5-11-17(15)23)14-28-19(26)13-24-21(27)29-20(22-24)16-8-2-1-3-9-16/h1-3,8-9,15,17H,4-7,10-14H2/t15-,17+/m0/s1. The Balaban J connectivity index is 1.33. The first-order chi connectivity index (χ1) is 14.1. The van der Waals surface area contributed by atoms with Gasteiger partial charge in [0.2, 0.25) is 5.89 Å². The second-order valence-electron chi connectivity index (χ2n) is 7.70. The summed E-state index contributed by atoms with van der Waals surface area (Å²) in [5, 5.41) is 4.03. The SMILES string of the molecule is O=C(Cn1nc(-c2ccccc2)oc1=O)OCC(=O)N1CCC[C@@H]2CCCC[C@H]21. The normalized spacial score (nSPS) is 21.4. The number of hydrogen-bond acceptors (Lipinski definition) is 6. The van der Waals surface area contributed by atoms with Crippen molar-refractivity contribution in [3.63, 3.8) is 0 Å². The van der Waals surface area contributed by atoms with Crippen LogP contribution >= 0.6 is 0 Å². The predicted octanol–water partition coefficient (Wildman–Crippen LogP) is 2.23. The van der Waals surface area contributed by atoms with Crippen molar-refractivity contribution >= 4 is 11.9 Å². The number of benzene rings is 1. The van der Waals surface area contributed by atoms with Gasteiger partial charge in [-0.05, 0) is 43.7 Å². The monoisotopic (exact) mass is 399 g/mol. The highest BCUT2D eigenvalue weighted by molar-refractivity contribution is 5.81. The van der Waals surface area contributed by atoms with Crippen molar-refractivity contribution in [2.75, 3.05) is 13.2 Å². The highest BCUT2D eigenvalue weighted by Gasteiger charge is 2.35. The van der Waals surface area contributed by atoms with Gasteiger partial charge in [-0.25, -0.2) is 4.79 Å². The number of nitrogens with zero attached hydrogens (tertiary/aromatic N) is 3. The van der Waals surface area contributed by atoms with Crippen molar-refractivity contribution in [3.05, 3.63) is 40.9 Å². The fraction of sp³-hybridized carbons (Fsp3) is 0.524. The minimum atomic E-state index is -0.742. The number of aromatic nitrogens is 2. The smallest absolute Gasteiger partial charge is 0.437 e. The van der Waals surface area contributed by atoms with E-state index in [0.29, 0.717) is 11.5 Å². The molecule has 0 N–H and O–H groups in total. The largest absolute Gasteiger partial charge is 0.454 e. The summed E-state index contributed by atoms with van der Waals surface area (Å²) >= 11 is 0. The minimum Gasteiger partial charge on any atom is -0.454 e. The third kappa shape index (κ3) is 4.41. The Morgan fingerprint density at radius 2 is 1.86 bits per heavy atom. The summed E-state index contributed by atoms with van der Waals surface area (Å²) in [6, 6.07) is 9.21. The molecule has 1 amide bonds. The lowest BCUT2D eigenvalue weighted by Crippen LogP contribution is -2.51. The summed E-state index contributed by atoms with van der Waals surface area (Å²) in [5.74, 6) is -0.885. The van der Waals surface area contributed by atoms with E-state index < -0.39 is 18.3 Å². The van der Waals surface area contributed by atoms with Crippen LogP contribution in [-0.4, -0.2) is 45.8 Å². The van der Waals surface area contributed by atoms with E-state index in [1.165, 1.54) is 19.3 Å². The first-order valence-electron chi connectivity index (χ1n) is 10.2. The second-order valence-corrected chi connectivity index (χ2v) is 7.70. The summed E-state index contributed by atoms with van der Waals surface area (Å²) in [4.78, 5) is 38.6. The van der Waals surface area contributed by atoms with E-state index >= 15 is 0 Å². The number of esters is 1. The lowest BCUT2D eigenvalue weighted by atomic mass is 9.78.